The number of rotatable bonds is 9. The average molecular weight is 1210 g/mol. The van der Waals surface area contributed by atoms with Gasteiger partial charge in [-0.1, -0.05) is 218 Å². The molecule has 0 unspecified atom stereocenters. The number of nitriles is 1. The van der Waals surface area contributed by atoms with E-state index in [9.17, 15) is 5.26 Å². The van der Waals surface area contributed by atoms with Crippen LogP contribution in [0.15, 0.2) is 291 Å². The Labute approximate surface area is 548 Å². The predicted octanol–water partition coefficient (Wildman–Crippen LogP) is 23.7. The maximum absolute atomic E-state index is 13.2. The van der Waals surface area contributed by atoms with Crippen molar-refractivity contribution in [1.82, 2.24) is 4.90 Å². The fraction of sp³-hybridized carbons (Fsp3) is 0.0814. The Hall–Kier alpha value is -11.9. The lowest BCUT2D eigenvalue weighted by atomic mass is 9.82. The summed E-state index contributed by atoms with van der Waals surface area (Å²) in [4.78, 5) is 9.54. The molecule has 0 bridgehead atoms. The van der Waals surface area contributed by atoms with Crippen molar-refractivity contribution >= 4 is 51.2 Å². The maximum Gasteiger partial charge on any atom is 0.152 e. The van der Waals surface area contributed by atoms with Crippen molar-refractivity contribution in [2.45, 2.75) is 38.8 Å². The molecule has 8 heteroatoms. The van der Waals surface area contributed by atoms with Crippen LogP contribution in [-0.2, 0) is 11.1 Å². The normalized spacial score (nSPS) is 14.3. The van der Waals surface area contributed by atoms with Crippen molar-refractivity contribution in [3.05, 3.63) is 308 Å². The van der Waals surface area contributed by atoms with Gasteiger partial charge in [-0.05, 0) is 174 Å². The highest BCUT2D eigenvalue weighted by Crippen LogP contribution is 2.68. The largest absolute Gasteiger partial charge is 0.453 e. The summed E-state index contributed by atoms with van der Waals surface area (Å²) in [7, 11) is 2.23. The van der Waals surface area contributed by atoms with Gasteiger partial charge in [-0.25, -0.2) is 0 Å². The topological polar surface area (TPSA) is 64.4 Å². The zero-order chi connectivity index (χ0) is 63.4. The number of ether oxygens (including phenoxy) is 3. The van der Waals surface area contributed by atoms with E-state index in [0.717, 1.165) is 123 Å². The number of hydrogen-bond acceptors (Lipinski definition) is 8. The van der Waals surface area contributed by atoms with Crippen LogP contribution in [0.5, 0.6) is 34.5 Å². The van der Waals surface area contributed by atoms with Crippen molar-refractivity contribution in [3.63, 3.8) is 0 Å². The van der Waals surface area contributed by atoms with Crippen LogP contribution in [0.25, 0.3) is 66.8 Å². The number of anilines is 9. The fourth-order valence-corrected chi connectivity index (χ4v) is 14.7. The van der Waals surface area contributed by atoms with Crippen LogP contribution in [0.3, 0.4) is 0 Å². The summed E-state index contributed by atoms with van der Waals surface area (Å²) < 4.78 is 22.0. The van der Waals surface area contributed by atoms with Gasteiger partial charge in [0.25, 0.3) is 0 Å². The number of nitrogens with zero attached hydrogens (tertiary/aromatic N) is 5. The van der Waals surface area contributed by atoms with Gasteiger partial charge in [0.1, 0.15) is 11.6 Å². The summed E-state index contributed by atoms with van der Waals surface area (Å²) in [5, 5.41) is 13.2. The molecule has 13 aromatic rings. The van der Waals surface area contributed by atoms with E-state index in [1.54, 1.807) is 0 Å². The molecule has 94 heavy (non-hydrogen) atoms. The zero-order valence-corrected chi connectivity index (χ0v) is 52.7. The van der Waals surface area contributed by atoms with E-state index in [2.05, 4.69) is 315 Å². The molecule has 17 rings (SSSR count). The van der Waals surface area contributed by atoms with Crippen LogP contribution in [0, 0.1) is 11.3 Å². The van der Waals surface area contributed by atoms with Gasteiger partial charge in [0, 0.05) is 22.2 Å². The average Bonchev–Trinajstić information content (AvgIpc) is 1.43. The molecule has 4 heterocycles. The first kappa shape index (κ1) is 56.1. The molecule has 4 aliphatic rings. The van der Waals surface area contributed by atoms with E-state index >= 15 is 0 Å². The zero-order valence-electron chi connectivity index (χ0n) is 52.7. The molecule has 13 aromatic carbocycles. The van der Waals surface area contributed by atoms with E-state index in [1.165, 1.54) is 0 Å². The van der Waals surface area contributed by atoms with Crippen LogP contribution in [0.4, 0.5) is 51.2 Å². The Balaban J connectivity index is 1.04. The summed E-state index contributed by atoms with van der Waals surface area (Å²) in [6.45, 7) is 9.29. The molecule has 8 nitrogen and oxygen atoms in total. The van der Waals surface area contributed by atoms with Gasteiger partial charge in [-0.2, -0.15) is 5.26 Å². The van der Waals surface area contributed by atoms with Crippen LogP contribution in [-0.4, -0.2) is 11.9 Å². The van der Waals surface area contributed by atoms with Gasteiger partial charge in [0.05, 0.1) is 51.2 Å². The first-order valence-electron chi connectivity index (χ1n) is 32.0. The summed E-state index contributed by atoms with van der Waals surface area (Å²) >= 11 is 0. The third-order valence-electron chi connectivity index (χ3n) is 19.6. The minimum Gasteiger partial charge on any atom is -0.453 e. The first-order valence-corrected chi connectivity index (χ1v) is 32.0. The van der Waals surface area contributed by atoms with Crippen LogP contribution in [0.2, 0.25) is 0 Å². The quantitative estimate of drug-likeness (QED) is 0.142. The van der Waals surface area contributed by atoms with E-state index in [0.29, 0.717) is 45.7 Å². The minimum absolute atomic E-state index is 0.445. The van der Waals surface area contributed by atoms with Gasteiger partial charge in [-0.15, -0.1) is 0 Å². The molecule has 0 aromatic heterocycles. The van der Waals surface area contributed by atoms with Crippen molar-refractivity contribution in [2.75, 3.05) is 21.7 Å². The molecule has 0 saturated carbocycles. The lowest BCUT2D eigenvalue weighted by Gasteiger charge is -2.43. The molecule has 0 radical (unpaired) electrons. The molecule has 450 valence electrons. The highest BCUT2D eigenvalue weighted by atomic mass is 16.5. The van der Waals surface area contributed by atoms with E-state index in [1.807, 2.05) is 36.4 Å². The lowest BCUT2D eigenvalue weighted by molar-refractivity contribution is 0.0734. The minimum atomic E-state index is -0.739. The fourth-order valence-electron chi connectivity index (χ4n) is 14.7. The predicted molar refractivity (Wildman–Crippen MR) is 382 cm³/mol. The van der Waals surface area contributed by atoms with Gasteiger partial charge >= 0.3 is 0 Å². The molecule has 0 aliphatic carbocycles. The Kier molecular flexibility index (Phi) is 13.1. The monoisotopic (exact) mass is 1210 g/mol. The maximum atomic E-state index is 13.2. The Morgan fingerprint density at radius 3 is 0.713 bits per heavy atom. The van der Waals surface area contributed by atoms with Gasteiger partial charge in [-0.3, -0.25) is 4.90 Å². The van der Waals surface area contributed by atoms with Gasteiger partial charge in [0.15, 0.2) is 34.5 Å². The summed E-state index contributed by atoms with van der Waals surface area (Å²) in [6, 6.07) is 105. The number of fused-ring (bicyclic) bond motifs is 7. The van der Waals surface area contributed by atoms with E-state index < -0.39 is 11.1 Å². The van der Waals surface area contributed by atoms with Crippen molar-refractivity contribution in [3.8, 4) is 107 Å². The molecule has 0 amide bonds. The third-order valence-corrected chi connectivity index (χ3v) is 19.6. The van der Waals surface area contributed by atoms with Crippen molar-refractivity contribution in [1.29, 1.82) is 5.26 Å². The van der Waals surface area contributed by atoms with Crippen molar-refractivity contribution < 1.29 is 14.2 Å². The second-order valence-corrected chi connectivity index (χ2v) is 25.6. The van der Waals surface area contributed by atoms with Gasteiger partial charge in [0.2, 0.25) is 0 Å². The Morgan fingerprint density at radius 1 is 0.266 bits per heavy atom. The smallest absolute Gasteiger partial charge is 0.152 e. The molecule has 0 saturated heterocycles. The Bertz CT molecular complexity index is 4940. The van der Waals surface area contributed by atoms with Crippen LogP contribution < -0.4 is 28.9 Å². The molecule has 4 aliphatic heterocycles. The number of benzene rings is 13. The van der Waals surface area contributed by atoms with Gasteiger partial charge < -0.3 is 28.9 Å². The standard InChI is InChI=1S/C86H63N5O3/c1-85(2)80-81(86(3,4)88(85)5)84(91-72-46-40-65(59-32-20-10-21-33-59)52-78(72)94-79-53-66(41-47-73(79)91)60-34-22-11-23-35-60)83(90-70-44-38-63(57-28-16-8-17-29-57)50-76(70)93-77-51-64(39-45-71(77)90)58-30-18-9-19-31-58)67(54-87)82(80)89-68-42-36-61(55-24-12-6-13-25-55)48-74(68)92-75-49-62(37-43-69(75)89)56-26-14-7-15-27-56/h6-53H,1-5H3. The summed E-state index contributed by atoms with van der Waals surface area (Å²) in [6.07, 6.45) is 0. The summed E-state index contributed by atoms with van der Waals surface area (Å²) in [5.74, 6) is 3.95. The third kappa shape index (κ3) is 8.99. The SMILES string of the molecule is CN1C(C)(C)c2c(N3c4ccc(-c5ccccc5)cc4Oc4cc(-c5ccccc5)ccc43)c(C#N)c(N3c4ccc(-c5ccccc5)cc4Oc4cc(-c5ccccc5)ccc43)c(N3c4ccc(-c5ccccc5)cc4Oc4cc(-c5ccccc5)ccc43)c2C1(C)C. The molecule has 0 spiro atoms. The lowest BCUT2D eigenvalue weighted by Crippen LogP contribution is -2.42. The second-order valence-electron chi connectivity index (χ2n) is 25.6. The first-order chi connectivity index (χ1) is 46.0. The highest BCUT2D eigenvalue weighted by molar-refractivity contribution is 6.08. The van der Waals surface area contributed by atoms with Crippen LogP contribution in [0.1, 0.15) is 44.4 Å². The van der Waals surface area contributed by atoms with E-state index in [-0.39, 0.29) is 0 Å². The highest BCUT2D eigenvalue weighted by Gasteiger charge is 2.55. The van der Waals surface area contributed by atoms with Crippen molar-refractivity contribution in [2.24, 2.45) is 0 Å². The summed E-state index contributed by atoms with van der Waals surface area (Å²) in [5.41, 5.74) is 20.4. The molecule has 0 fully saturated rings. The molecular weight excluding hydrogens is 1150 g/mol. The molecular formula is C86H63N5O3. The molecule has 0 atom stereocenters. The second kappa shape index (κ2) is 21.9. The van der Waals surface area contributed by atoms with E-state index in [4.69, 9.17) is 14.2 Å². The number of hydrogen-bond donors (Lipinski definition) is 0. The van der Waals surface area contributed by atoms with Crippen LogP contribution >= 0.6 is 0 Å². The Morgan fingerprint density at radius 2 is 0.479 bits per heavy atom. The molecule has 0 N–H and O–H groups in total.